The van der Waals surface area contributed by atoms with E-state index >= 15 is 0 Å². The van der Waals surface area contributed by atoms with Gasteiger partial charge in [0, 0.05) is 6.20 Å². The van der Waals surface area contributed by atoms with E-state index in [-0.39, 0.29) is 10.6 Å². The van der Waals surface area contributed by atoms with E-state index in [4.69, 9.17) is 28.9 Å². The number of aromatic carboxylic acids is 1. The number of H-pyrrole nitrogens is 1. The molecule has 0 atom stereocenters. The highest BCUT2D eigenvalue weighted by Gasteiger charge is 2.06. The van der Waals surface area contributed by atoms with Gasteiger partial charge in [0.05, 0.1) is 10.6 Å². The van der Waals surface area contributed by atoms with Gasteiger partial charge < -0.3 is 10.1 Å². The molecular weight excluding hydrogens is 186 g/mol. The summed E-state index contributed by atoms with van der Waals surface area (Å²) in [7, 11) is 0. The van der Waals surface area contributed by atoms with E-state index in [9.17, 15) is 4.79 Å². The molecule has 0 unspecified atom stereocenters. The Labute approximate surface area is 72.6 Å². The molecule has 0 saturated heterocycles. The number of carboxylic acid groups (broad SMARTS) is 1. The third-order valence-corrected chi connectivity index (χ3v) is 1.65. The largest absolute Gasteiger partial charge is 0.478 e. The third-order valence-electron chi connectivity index (χ3n) is 1.10. The number of hydrogen-bond acceptors (Lipinski definition) is 2. The van der Waals surface area contributed by atoms with E-state index in [0.717, 1.165) is 0 Å². The molecule has 1 rings (SSSR count). The summed E-state index contributed by atoms with van der Waals surface area (Å²) >= 11 is 10.2. The Hall–Kier alpha value is -0.870. The van der Waals surface area contributed by atoms with Crippen LogP contribution in [0.1, 0.15) is 10.4 Å². The molecule has 0 radical (unpaired) electrons. The highest BCUT2D eigenvalue weighted by atomic mass is 35.5. The van der Waals surface area contributed by atoms with Crippen molar-refractivity contribution in [2.45, 2.75) is 0 Å². The van der Waals surface area contributed by atoms with Crippen LogP contribution in [0.5, 0.6) is 0 Å². The minimum absolute atomic E-state index is 0.0235. The summed E-state index contributed by atoms with van der Waals surface area (Å²) in [6.45, 7) is 0. The SMILES string of the molecule is O=C(O)c1cc(=S)[nH]cc1Cl. The molecule has 0 aliphatic rings. The fraction of sp³-hybridized carbons (Fsp3) is 0. The van der Waals surface area contributed by atoms with Crippen LogP contribution in [0.3, 0.4) is 0 Å². The van der Waals surface area contributed by atoms with Crippen LogP contribution in [-0.2, 0) is 0 Å². The van der Waals surface area contributed by atoms with Gasteiger partial charge in [0.1, 0.15) is 4.64 Å². The van der Waals surface area contributed by atoms with Crippen molar-refractivity contribution in [2.24, 2.45) is 0 Å². The number of carbonyl (C=O) groups is 1. The number of nitrogens with one attached hydrogen (secondary N) is 1. The van der Waals surface area contributed by atoms with Crippen molar-refractivity contribution in [3.05, 3.63) is 27.5 Å². The molecule has 0 amide bonds. The Morgan fingerprint density at radius 3 is 2.82 bits per heavy atom. The van der Waals surface area contributed by atoms with Crippen LogP contribution in [0.25, 0.3) is 0 Å². The number of halogens is 1. The summed E-state index contributed by atoms with van der Waals surface area (Å²) < 4.78 is 0.354. The van der Waals surface area contributed by atoms with E-state index in [1.165, 1.54) is 12.3 Å². The van der Waals surface area contributed by atoms with Crippen molar-refractivity contribution in [3.8, 4) is 0 Å². The molecule has 0 aromatic carbocycles. The van der Waals surface area contributed by atoms with Crippen LogP contribution in [-0.4, -0.2) is 16.1 Å². The molecule has 11 heavy (non-hydrogen) atoms. The maximum absolute atomic E-state index is 10.4. The van der Waals surface area contributed by atoms with Gasteiger partial charge in [0.15, 0.2) is 0 Å². The Bertz CT molecular complexity index is 347. The Morgan fingerprint density at radius 1 is 1.73 bits per heavy atom. The topological polar surface area (TPSA) is 53.1 Å². The summed E-state index contributed by atoms with van der Waals surface area (Å²) in [4.78, 5) is 13.0. The van der Waals surface area contributed by atoms with Crippen LogP contribution in [0.2, 0.25) is 5.02 Å². The molecule has 0 spiro atoms. The van der Waals surface area contributed by atoms with Gasteiger partial charge in [0.25, 0.3) is 0 Å². The lowest BCUT2D eigenvalue weighted by atomic mass is 10.3. The minimum Gasteiger partial charge on any atom is -0.478 e. The van der Waals surface area contributed by atoms with Gasteiger partial charge in [-0.05, 0) is 6.07 Å². The maximum atomic E-state index is 10.4. The molecule has 0 fully saturated rings. The molecule has 1 aromatic heterocycles. The fourth-order valence-electron chi connectivity index (χ4n) is 0.618. The number of pyridine rings is 1. The molecule has 2 N–H and O–H groups in total. The van der Waals surface area contributed by atoms with Gasteiger partial charge in [-0.15, -0.1) is 0 Å². The predicted molar refractivity (Wildman–Crippen MR) is 43.6 cm³/mol. The van der Waals surface area contributed by atoms with Crippen molar-refractivity contribution >= 4 is 29.8 Å². The Balaban J connectivity index is 3.35. The van der Waals surface area contributed by atoms with Crippen LogP contribution in [0.15, 0.2) is 12.3 Å². The average Bonchev–Trinajstić information content (AvgIpc) is 1.94. The normalized spacial score (nSPS) is 9.55. The van der Waals surface area contributed by atoms with E-state index in [1.54, 1.807) is 0 Å². The number of rotatable bonds is 1. The lowest BCUT2D eigenvalue weighted by Gasteiger charge is -1.95. The standard InChI is InChI=1S/C6H4ClNO2S/c7-4-2-8-5(11)1-3(4)6(9)10/h1-2H,(H,8,11)(H,9,10). The molecule has 58 valence electrons. The predicted octanol–water partition coefficient (Wildman–Crippen LogP) is 2.10. The highest BCUT2D eigenvalue weighted by molar-refractivity contribution is 7.71. The average molecular weight is 190 g/mol. The molecule has 5 heteroatoms. The second-order valence-corrected chi connectivity index (χ2v) is 2.71. The van der Waals surface area contributed by atoms with Gasteiger partial charge in [-0.3, -0.25) is 0 Å². The van der Waals surface area contributed by atoms with Gasteiger partial charge >= 0.3 is 5.97 Å². The van der Waals surface area contributed by atoms with Crippen molar-refractivity contribution in [2.75, 3.05) is 0 Å². The summed E-state index contributed by atoms with van der Waals surface area (Å²) in [5.74, 6) is -1.07. The highest BCUT2D eigenvalue weighted by Crippen LogP contribution is 2.13. The number of carboxylic acids is 1. The Kier molecular flexibility index (Phi) is 2.26. The van der Waals surface area contributed by atoms with Gasteiger partial charge in [-0.25, -0.2) is 4.79 Å². The maximum Gasteiger partial charge on any atom is 0.337 e. The molecule has 1 aromatic rings. The monoisotopic (exact) mass is 189 g/mol. The van der Waals surface area contributed by atoms with Gasteiger partial charge in [0.2, 0.25) is 0 Å². The van der Waals surface area contributed by atoms with Gasteiger partial charge in [-0.1, -0.05) is 23.8 Å². The molecule has 3 nitrogen and oxygen atoms in total. The number of aromatic amines is 1. The van der Waals surface area contributed by atoms with E-state index in [2.05, 4.69) is 4.98 Å². The molecule has 0 aliphatic carbocycles. The summed E-state index contributed by atoms with van der Waals surface area (Å²) in [5, 5.41) is 8.70. The number of hydrogen-bond donors (Lipinski definition) is 2. The van der Waals surface area contributed by atoms with E-state index < -0.39 is 5.97 Å². The van der Waals surface area contributed by atoms with Crippen molar-refractivity contribution in [3.63, 3.8) is 0 Å². The quantitative estimate of drug-likeness (QED) is 0.666. The van der Waals surface area contributed by atoms with Crippen molar-refractivity contribution < 1.29 is 9.90 Å². The molecule has 0 bridgehead atoms. The molecular formula is C6H4ClNO2S. The molecule has 0 saturated carbocycles. The lowest BCUT2D eigenvalue weighted by molar-refractivity contribution is 0.0697. The second kappa shape index (κ2) is 3.02. The summed E-state index contributed by atoms with van der Waals surface area (Å²) in [6.07, 6.45) is 1.35. The summed E-state index contributed by atoms with van der Waals surface area (Å²) in [5.41, 5.74) is 0.0235. The second-order valence-electron chi connectivity index (χ2n) is 1.86. The van der Waals surface area contributed by atoms with Crippen LogP contribution >= 0.6 is 23.8 Å². The van der Waals surface area contributed by atoms with Gasteiger partial charge in [-0.2, -0.15) is 0 Å². The Morgan fingerprint density at radius 2 is 2.36 bits per heavy atom. The van der Waals surface area contributed by atoms with Crippen LogP contribution in [0, 0.1) is 4.64 Å². The number of aromatic nitrogens is 1. The first-order valence-electron chi connectivity index (χ1n) is 2.73. The fourth-order valence-corrected chi connectivity index (χ4v) is 0.985. The smallest absolute Gasteiger partial charge is 0.337 e. The first-order valence-corrected chi connectivity index (χ1v) is 3.51. The third kappa shape index (κ3) is 1.78. The lowest BCUT2D eigenvalue weighted by Crippen LogP contribution is -1.97. The van der Waals surface area contributed by atoms with Crippen LogP contribution in [0.4, 0.5) is 0 Å². The van der Waals surface area contributed by atoms with E-state index in [1.807, 2.05) is 0 Å². The summed E-state index contributed by atoms with van der Waals surface area (Å²) in [6, 6.07) is 1.31. The first-order chi connectivity index (χ1) is 5.11. The molecule has 1 heterocycles. The zero-order chi connectivity index (χ0) is 8.43. The van der Waals surface area contributed by atoms with Crippen molar-refractivity contribution in [1.29, 1.82) is 0 Å². The minimum atomic E-state index is -1.07. The van der Waals surface area contributed by atoms with Crippen LogP contribution < -0.4 is 0 Å². The zero-order valence-corrected chi connectivity index (χ0v) is 6.87. The molecule has 0 aliphatic heterocycles. The zero-order valence-electron chi connectivity index (χ0n) is 5.30. The van der Waals surface area contributed by atoms with E-state index in [0.29, 0.717) is 4.64 Å². The first kappa shape index (κ1) is 8.23. The van der Waals surface area contributed by atoms with Crippen molar-refractivity contribution in [1.82, 2.24) is 4.98 Å².